The first kappa shape index (κ1) is 15.7. The van der Waals surface area contributed by atoms with Gasteiger partial charge in [-0.1, -0.05) is 29.4 Å². The van der Waals surface area contributed by atoms with Gasteiger partial charge in [0.15, 0.2) is 5.82 Å². The van der Waals surface area contributed by atoms with Crippen molar-refractivity contribution in [2.75, 3.05) is 12.8 Å². The van der Waals surface area contributed by atoms with Gasteiger partial charge in [-0.05, 0) is 30.4 Å². The van der Waals surface area contributed by atoms with E-state index in [0.29, 0.717) is 18.3 Å². The van der Waals surface area contributed by atoms with Crippen LogP contribution in [0.25, 0.3) is 0 Å². The van der Waals surface area contributed by atoms with Crippen LogP contribution in [0.5, 0.6) is 0 Å². The number of nitrogens with one attached hydrogen (secondary N) is 1. The van der Waals surface area contributed by atoms with Crippen LogP contribution in [0.15, 0.2) is 28.8 Å². The van der Waals surface area contributed by atoms with Gasteiger partial charge < -0.3 is 9.84 Å². The van der Waals surface area contributed by atoms with Crippen molar-refractivity contribution in [3.63, 3.8) is 0 Å². The molecule has 2 atom stereocenters. The molecular weight excluding hydrogens is 328 g/mol. The molecule has 128 valence electrons. The van der Waals surface area contributed by atoms with Crippen LogP contribution in [0.4, 0.5) is 0 Å². The van der Waals surface area contributed by atoms with Crippen molar-refractivity contribution in [2.24, 2.45) is 0 Å². The highest BCUT2D eigenvalue weighted by atomic mass is 32.2. The predicted molar refractivity (Wildman–Crippen MR) is 87.5 cm³/mol. The standard InChI is InChI=1S/C16H20N4O3S/c1-24(21,22)20-8-4-7-14(20)15-18-16(23-19-15)13-9-11-5-2-3-6-12(11)10-17-13/h2-3,5-6,13-14,17H,4,7-10H2,1H3/t13-,14?/m1/s1. The maximum Gasteiger partial charge on any atom is 0.244 e. The van der Waals surface area contributed by atoms with Crippen LogP contribution in [-0.2, 0) is 23.0 Å². The van der Waals surface area contributed by atoms with Crippen molar-refractivity contribution in [1.82, 2.24) is 19.8 Å². The fourth-order valence-corrected chi connectivity index (χ4v) is 4.67. The minimum atomic E-state index is -3.26. The van der Waals surface area contributed by atoms with Crippen LogP contribution < -0.4 is 5.32 Å². The molecule has 0 saturated carbocycles. The van der Waals surface area contributed by atoms with E-state index in [2.05, 4.69) is 27.6 Å². The average molecular weight is 348 g/mol. The molecule has 4 rings (SSSR count). The molecule has 1 fully saturated rings. The van der Waals surface area contributed by atoms with E-state index < -0.39 is 10.0 Å². The molecule has 1 saturated heterocycles. The second-order valence-corrected chi connectivity index (χ2v) is 8.36. The zero-order valence-corrected chi connectivity index (χ0v) is 14.3. The summed E-state index contributed by atoms with van der Waals surface area (Å²) in [6, 6.07) is 7.94. The van der Waals surface area contributed by atoms with Crippen molar-refractivity contribution in [3.8, 4) is 0 Å². The number of fused-ring (bicyclic) bond motifs is 1. The highest BCUT2D eigenvalue weighted by Crippen LogP contribution is 2.33. The molecule has 1 unspecified atom stereocenters. The summed E-state index contributed by atoms with van der Waals surface area (Å²) in [7, 11) is -3.26. The maximum atomic E-state index is 11.9. The van der Waals surface area contributed by atoms with Gasteiger partial charge >= 0.3 is 0 Å². The number of benzene rings is 1. The third kappa shape index (κ3) is 2.85. The van der Waals surface area contributed by atoms with Gasteiger partial charge in [0.05, 0.1) is 18.3 Å². The van der Waals surface area contributed by atoms with E-state index >= 15 is 0 Å². The Bertz CT molecular complexity index is 849. The minimum absolute atomic E-state index is 0.0331. The highest BCUT2D eigenvalue weighted by molar-refractivity contribution is 7.88. The first-order chi connectivity index (χ1) is 11.5. The number of aromatic nitrogens is 2. The van der Waals surface area contributed by atoms with Gasteiger partial charge in [0.2, 0.25) is 15.9 Å². The third-order valence-electron chi connectivity index (χ3n) is 4.76. The Hall–Kier alpha value is -1.77. The minimum Gasteiger partial charge on any atom is -0.338 e. The summed E-state index contributed by atoms with van der Waals surface area (Å²) in [6.45, 7) is 1.28. The fraction of sp³-hybridized carbons (Fsp3) is 0.500. The van der Waals surface area contributed by atoms with E-state index in [9.17, 15) is 8.42 Å². The number of hydrogen-bond donors (Lipinski definition) is 1. The summed E-state index contributed by atoms with van der Waals surface area (Å²) >= 11 is 0. The smallest absolute Gasteiger partial charge is 0.244 e. The van der Waals surface area contributed by atoms with Crippen molar-refractivity contribution in [2.45, 2.75) is 37.9 Å². The van der Waals surface area contributed by atoms with Gasteiger partial charge in [-0.25, -0.2) is 8.42 Å². The zero-order chi connectivity index (χ0) is 16.7. The Kier molecular flexibility index (Phi) is 3.90. The van der Waals surface area contributed by atoms with Crippen molar-refractivity contribution in [1.29, 1.82) is 0 Å². The van der Waals surface area contributed by atoms with Gasteiger partial charge in [-0.2, -0.15) is 9.29 Å². The van der Waals surface area contributed by atoms with Gasteiger partial charge in [-0.3, -0.25) is 0 Å². The van der Waals surface area contributed by atoms with Crippen molar-refractivity contribution < 1.29 is 12.9 Å². The molecule has 0 amide bonds. The van der Waals surface area contributed by atoms with Crippen LogP contribution in [-0.4, -0.2) is 35.7 Å². The van der Waals surface area contributed by atoms with E-state index in [0.717, 1.165) is 25.8 Å². The van der Waals surface area contributed by atoms with Crippen LogP contribution in [0.2, 0.25) is 0 Å². The number of nitrogens with zero attached hydrogens (tertiary/aromatic N) is 3. The van der Waals surface area contributed by atoms with Gasteiger partial charge in [-0.15, -0.1) is 0 Å². The normalized spacial score (nSPS) is 24.9. The average Bonchev–Trinajstić information content (AvgIpc) is 3.22. The molecule has 3 heterocycles. The second-order valence-electron chi connectivity index (χ2n) is 6.43. The maximum absolute atomic E-state index is 11.9. The van der Waals surface area contributed by atoms with Crippen molar-refractivity contribution >= 4 is 10.0 Å². The summed E-state index contributed by atoms with van der Waals surface area (Å²) in [5.41, 5.74) is 2.56. The molecule has 0 radical (unpaired) electrons. The Balaban J connectivity index is 1.56. The van der Waals surface area contributed by atoms with Crippen LogP contribution in [0.3, 0.4) is 0 Å². The Morgan fingerprint density at radius 2 is 2.08 bits per heavy atom. The molecule has 2 aliphatic rings. The molecule has 1 N–H and O–H groups in total. The Morgan fingerprint density at radius 3 is 2.88 bits per heavy atom. The van der Waals surface area contributed by atoms with E-state index in [1.54, 1.807) is 0 Å². The van der Waals surface area contributed by atoms with Gasteiger partial charge in [0.25, 0.3) is 0 Å². The van der Waals surface area contributed by atoms with Gasteiger partial charge in [0.1, 0.15) is 0 Å². The largest absolute Gasteiger partial charge is 0.338 e. The van der Waals surface area contributed by atoms with Crippen molar-refractivity contribution in [3.05, 3.63) is 47.1 Å². The number of sulfonamides is 1. The quantitative estimate of drug-likeness (QED) is 0.905. The molecule has 8 heteroatoms. The first-order valence-electron chi connectivity index (χ1n) is 8.13. The third-order valence-corrected chi connectivity index (χ3v) is 6.05. The molecule has 1 aromatic heterocycles. The molecule has 24 heavy (non-hydrogen) atoms. The monoisotopic (exact) mass is 348 g/mol. The lowest BCUT2D eigenvalue weighted by molar-refractivity contribution is 0.311. The Labute approximate surface area is 141 Å². The van der Waals surface area contributed by atoms with Gasteiger partial charge in [0, 0.05) is 13.1 Å². The topological polar surface area (TPSA) is 88.3 Å². The molecule has 0 aliphatic carbocycles. The van der Waals surface area contributed by atoms with Crippen LogP contribution >= 0.6 is 0 Å². The molecule has 2 aromatic rings. The van der Waals surface area contributed by atoms with E-state index in [1.165, 1.54) is 21.7 Å². The van der Waals surface area contributed by atoms with E-state index in [1.807, 2.05) is 12.1 Å². The summed E-state index contributed by atoms with van der Waals surface area (Å²) in [4.78, 5) is 4.51. The lowest BCUT2D eigenvalue weighted by Crippen LogP contribution is -2.30. The lowest BCUT2D eigenvalue weighted by Gasteiger charge is -2.23. The number of hydrogen-bond acceptors (Lipinski definition) is 6. The molecule has 7 nitrogen and oxygen atoms in total. The molecule has 0 bridgehead atoms. The summed E-state index contributed by atoms with van der Waals surface area (Å²) in [5.74, 6) is 0.994. The van der Waals surface area contributed by atoms with Crippen LogP contribution in [0.1, 0.15) is 47.8 Å². The lowest BCUT2D eigenvalue weighted by atomic mass is 9.96. The Morgan fingerprint density at radius 1 is 1.29 bits per heavy atom. The molecular formula is C16H20N4O3S. The molecule has 1 aromatic carbocycles. The zero-order valence-electron chi connectivity index (χ0n) is 13.5. The number of rotatable bonds is 3. The summed E-state index contributed by atoms with van der Waals surface area (Å²) in [5, 5.41) is 7.47. The van der Waals surface area contributed by atoms with E-state index in [-0.39, 0.29) is 12.1 Å². The fourth-order valence-electron chi connectivity index (χ4n) is 3.55. The molecule has 0 spiro atoms. The molecule has 2 aliphatic heterocycles. The van der Waals surface area contributed by atoms with E-state index in [4.69, 9.17) is 4.52 Å². The SMILES string of the molecule is CS(=O)(=O)N1CCCC1c1noc([C@H]2Cc3ccccc3CN2)n1. The summed E-state index contributed by atoms with van der Waals surface area (Å²) in [6.07, 6.45) is 3.56. The van der Waals surface area contributed by atoms with Crippen LogP contribution in [0, 0.1) is 0 Å². The summed E-state index contributed by atoms with van der Waals surface area (Å²) < 4.78 is 30.7. The highest BCUT2D eigenvalue weighted by Gasteiger charge is 2.36. The second kappa shape index (κ2) is 5.94. The first-order valence-corrected chi connectivity index (χ1v) is 9.97. The predicted octanol–water partition coefficient (Wildman–Crippen LogP) is 1.55.